The molecule has 0 radical (unpaired) electrons. The summed E-state index contributed by atoms with van der Waals surface area (Å²) in [6, 6.07) is 0. The molecule has 0 rings (SSSR count). The van der Waals surface area contributed by atoms with Crippen LogP contribution in [0.2, 0.25) is 19.6 Å². The zero-order valence-electron chi connectivity index (χ0n) is 8.81. The van der Waals surface area contributed by atoms with Crippen LogP contribution in [-0.2, 0) is 32.6 Å². The van der Waals surface area contributed by atoms with Crippen LogP contribution in [0.1, 0.15) is 0 Å². The van der Waals surface area contributed by atoms with Gasteiger partial charge in [0.05, 0.1) is 0 Å². The Bertz CT molecular complexity index is 210. The molecule has 13 heteroatoms. The SMILES string of the molecule is C[Si](=O)[NH][Ta+3]([NH][Si](C)=O)[NH][Si](C)=O.[Cl-].[Cl-].[Cl-]. The largest absolute Gasteiger partial charge is 1.00 e. The summed E-state index contributed by atoms with van der Waals surface area (Å²) < 4.78 is 41.1. The van der Waals surface area contributed by atoms with Crippen molar-refractivity contribution in [1.82, 2.24) is 10.2 Å². The second-order valence-electron chi connectivity index (χ2n) is 2.34. The van der Waals surface area contributed by atoms with Crippen LogP contribution >= 0.6 is 0 Å². The predicted molar refractivity (Wildman–Crippen MR) is 46.3 cm³/mol. The van der Waals surface area contributed by atoms with E-state index in [0.29, 0.717) is 0 Å². The van der Waals surface area contributed by atoms with Crippen molar-refractivity contribution in [3.8, 4) is 0 Å². The van der Waals surface area contributed by atoms with Crippen molar-refractivity contribution in [2.45, 2.75) is 19.6 Å². The first kappa shape index (κ1) is 25.8. The molecule has 0 saturated heterocycles. The Kier molecular flexibility index (Phi) is 22.8. The van der Waals surface area contributed by atoms with E-state index in [4.69, 9.17) is 0 Å². The standard InChI is InChI=1S/3CH4NOSi.3ClH.Ta/c3*1-4(2)3;;;;/h3*2H,1H3;3*1H;/q3*-1;;;;+6/p-3. The second-order valence-corrected chi connectivity index (χ2v) is 16.0. The molecule has 0 bridgehead atoms. The molecular weight excluding hydrogens is 498 g/mol. The average molecular weight is 510 g/mol. The molecule has 0 atom stereocenters. The number of halogens is 3. The van der Waals surface area contributed by atoms with E-state index in [1.54, 1.807) is 19.6 Å². The molecule has 0 aromatic rings. The Labute approximate surface area is 125 Å². The van der Waals surface area contributed by atoms with Gasteiger partial charge in [0, 0.05) is 0 Å². The first-order valence-electron chi connectivity index (χ1n) is 3.53. The van der Waals surface area contributed by atoms with Crippen LogP contribution < -0.4 is 47.4 Å². The fourth-order valence-electron chi connectivity index (χ4n) is 0.556. The molecule has 0 saturated carbocycles. The summed E-state index contributed by atoms with van der Waals surface area (Å²) in [7, 11) is -5.41. The van der Waals surface area contributed by atoms with E-state index >= 15 is 0 Å². The fourth-order valence-corrected chi connectivity index (χ4v) is 17.8. The van der Waals surface area contributed by atoms with Gasteiger partial charge in [0.1, 0.15) is 0 Å². The quantitative estimate of drug-likeness (QED) is 0.309. The van der Waals surface area contributed by atoms with Gasteiger partial charge in [-0.3, -0.25) is 0 Å². The van der Waals surface area contributed by atoms with Gasteiger partial charge in [-0.15, -0.1) is 0 Å². The zero-order chi connectivity index (χ0) is 10.4. The first-order valence-corrected chi connectivity index (χ1v) is 14.1. The fraction of sp³-hybridized carbons (Fsp3) is 1.00. The van der Waals surface area contributed by atoms with Gasteiger partial charge in [-0.1, -0.05) is 0 Å². The van der Waals surface area contributed by atoms with Crippen LogP contribution in [0.3, 0.4) is 0 Å². The van der Waals surface area contributed by atoms with Gasteiger partial charge in [-0.05, 0) is 0 Å². The van der Waals surface area contributed by atoms with E-state index < -0.39 is 45.8 Å². The Hall–Kier alpha value is 1.06. The smallest absolute Gasteiger partial charge is 1.00 e. The van der Waals surface area contributed by atoms with Crippen LogP contribution in [0.15, 0.2) is 0 Å². The van der Waals surface area contributed by atoms with Gasteiger partial charge in [-0.2, -0.15) is 0 Å². The van der Waals surface area contributed by atoms with Crippen LogP contribution in [-0.4, -0.2) is 26.5 Å². The number of nitrogens with one attached hydrogen (secondary N) is 3. The molecule has 3 N–H and O–H groups in total. The van der Waals surface area contributed by atoms with Gasteiger partial charge >= 0.3 is 88.9 Å². The van der Waals surface area contributed by atoms with Crippen molar-refractivity contribution < 1.29 is 69.8 Å². The van der Waals surface area contributed by atoms with Crippen LogP contribution in [0.25, 0.3) is 0 Å². The molecule has 0 aliphatic rings. The van der Waals surface area contributed by atoms with Crippen molar-refractivity contribution in [3.05, 3.63) is 0 Å². The third-order valence-corrected chi connectivity index (χ3v) is 19.8. The van der Waals surface area contributed by atoms with E-state index in [-0.39, 0.29) is 37.2 Å². The van der Waals surface area contributed by atoms with E-state index in [2.05, 4.69) is 10.2 Å². The van der Waals surface area contributed by atoms with Crippen LogP contribution in [0.5, 0.6) is 0 Å². The average Bonchev–Trinajstić information content (AvgIpc) is 1.80. The van der Waals surface area contributed by atoms with Crippen LogP contribution in [0.4, 0.5) is 0 Å². The van der Waals surface area contributed by atoms with Crippen molar-refractivity contribution in [2.24, 2.45) is 0 Å². The minimum absolute atomic E-state index is 0. The van der Waals surface area contributed by atoms with E-state index in [1.165, 1.54) is 0 Å². The Morgan fingerprint density at radius 2 is 0.875 bits per heavy atom. The molecule has 0 fully saturated rings. The maximum atomic E-state index is 10.9. The van der Waals surface area contributed by atoms with E-state index in [1.807, 2.05) is 0 Å². The Morgan fingerprint density at radius 1 is 0.688 bits per heavy atom. The topological polar surface area (TPSA) is 87.3 Å². The maximum absolute atomic E-state index is 10.9. The molecule has 0 aliphatic carbocycles. The third-order valence-electron chi connectivity index (χ3n) is 0.808. The molecule has 0 amide bonds. The van der Waals surface area contributed by atoms with E-state index in [9.17, 15) is 13.4 Å². The predicted octanol–water partition coefficient (Wildman–Crippen LogP) is -10.2. The summed E-state index contributed by atoms with van der Waals surface area (Å²) in [5.74, 6) is 0. The Morgan fingerprint density at radius 3 is 1.00 bits per heavy atom. The summed E-state index contributed by atoms with van der Waals surface area (Å²) in [5, 5.41) is 0. The normalized spacial score (nSPS) is 6.94. The maximum Gasteiger partial charge on any atom is -1.00 e. The molecule has 95 valence electrons. The number of rotatable bonds is 6. The van der Waals surface area contributed by atoms with Gasteiger partial charge in [0.2, 0.25) is 0 Å². The third kappa shape index (κ3) is 17.5. The minimum Gasteiger partial charge on any atom is -1.00 e. The molecular formula is C3H12Cl3N3O3Si3Ta. The van der Waals surface area contributed by atoms with Gasteiger partial charge < -0.3 is 37.2 Å². The van der Waals surface area contributed by atoms with Gasteiger partial charge in [-0.25, -0.2) is 0 Å². The summed E-state index contributed by atoms with van der Waals surface area (Å²) in [6.07, 6.45) is 0. The molecule has 0 heterocycles. The first-order chi connectivity index (χ1) is 5.91. The van der Waals surface area contributed by atoms with Gasteiger partial charge in [0.25, 0.3) is 0 Å². The number of hydrogen-bond donors (Lipinski definition) is 3. The summed E-state index contributed by atoms with van der Waals surface area (Å²) in [4.78, 5) is 0. The van der Waals surface area contributed by atoms with Gasteiger partial charge in [0.15, 0.2) is 0 Å². The second kappa shape index (κ2) is 14.1. The molecule has 0 aromatic carbocycles. The minimum atomic E-state index is -2.60. The van der Waals surface area contributed by atoms with Crippen molar-refractivity contribution in [3.63, 3.8) is 0 Å². The summed E-state index contributed by atoms with van der Waals surface area (Å²) >= 11 is -2.60. The molecule has 0 aliphatic heterocycles. The molecule has 0 aromatic heterocycles. The molecule has 6 nitrogen and oxygen atoms in total. The molecule has 16 heavy (non-hydrogen) atoms. The van der Waals surface area contributed by atoms with Crippen molar-refractivity contribution in [2.75, 3.05) is 0 Å². The monoisotopic (exact) mass is 508 g/mol. The zero-order valence-corrected chi connectivity index (χ0v) is 17.3. The summed E-state index contributed by atoms with van der Waals surface area (Å²) in [5.41, 5.74) is 0. The molecule has 0 spiro atoms. The van der Waals surface area contributed by atoms with Crippen molar-refractivity contribution >= 4 is 26.5 Å². The van der Waals surface area contributed by atoms with E-state index in [0.717, 1.165) is 0 Å². The summed E-state index contributed by atoms with van der Waals surface area (Å²) in [6.45, 7) is 4.70. The Balaban J connectivity index is -0.000000240. The number of hydrogen-bond acceptors (Lipinski definition) is 3. The molecule has 0 unspecified atom stereocenters. The van der Waals surface area contributed by atoms with Crippen LogP contribution in [0, 0.1) is 0 Å². The van der Waals surface area contributed by atoms with Crippen molar-refractivity contribution in [1.29, 1.82) is 0 Å².